The lowest BCUT2D eigenvalue weighted by atomic mass is 9.47. The molecule has 2 fully saturated rings. The molecule has 1 saturated carbocycles. The topological polar surface area (TPSA) is 73.2 Å². The van der Waals surface area contributed by atoms with Crippen LogP contribution in [0, 0.1) is 31.6 Å². The minimum Gasteiger partial charge on any atom is -0.504 e. The average Bonchev–Trinajstić information content (AvgIpc) is 3.18. The van der Waals surface area contributed by atoms with Crippen molar-refractivity contribution in [3.63, 3.8) is 0 Å². The number of piperidine rings is 1. The summed E-state index contributed by atoms with van der Waals surface area (Å²) in [5.41, 5.74) is 3.57. The molecule has 6 nitrogen and oxygen atoms in total. The highest BCUT2D eigenvalue weighted by molar-refractivity contribution is 5.94. The predicted molar refractivity (Wildman–Crippen MR) is 137 cm³/mol. The fraction of sp³-hybridized carbons (Fsp3) is 0.500. The lowest BCUT2D eigenvalue weighted by Gasteiger charge is -2.65. The van der Waals surface area contributed by atoms with Gasteiger partial charge in [-0.05, 0) is 87.5 Å². The standard InChI is InChI=1S/C30H34N2O4/c1-17-6-7-20(14-18(17)2)8-11-24(34)32(5)26-19(3)16-30(35)23-15-21-9-10-22(33)27-25(21)29(30,28(26)36-27)12-13-31(23)4/h6-7,9-10,14,19,23,26,28,33,35H,12-13,15-16H2,1-5H3/t19-,23+,26+,28-,29-,30+/m0/s1. The lowest BCUT2D eigenvalue weighted by Crippen LogP contribution is -2.79. The first-order valence-electron chi connectivity index (χ1n) is 12.9. The number of carbonyl (C=O) groups excluding carboxylic acids is 1. The average molecular weight is 487 g/mol. The number of phenols is 1. The monoisotopic (exact) mass is 486 g/mol. The van der Waals surface area contributed by atoms with Gasteiger partial charge in [-0.1, -0.05) is 25.0 Å². The van der Waals surface area contributed by atoms with E-state index in [0.29, 0.717) is 18.6 Å². The van der Waals surface area contributed by atoms with Crippen molar-refractivity contribution in [1.82, 2.24) is 9.80 Å². The summed E-state index contributed by atoms with van der Waals surface area (Å²) in [5.74, 6) is 6.19. The molecule has 1 spiro atoms. The van der Waals surface area contributed by atoms with Crippen molar-refractivity contribution in [2.24, 2.45) is 5.92 Å². The second-order valence-electron chi connectivity index (χ2n) is 11.5. The molecule has 188 valence electrons. The molecule has 6 atom stereocenters. The molecule has 0 radical (unpaired) electrons. The van der Waals surface area contributed by atoms with E-state index in [1.165, 1.54) is 5.56 Å². The van der Waals surface area contributed by atoms with Crippen molar-refractivity contribution in [2.75, 3.05) is 20.6 Å². The Morgan fingerprint density at radius 3 is 2.75 bits per heavy atom. The van der Waals surface area contributed by atoms with Crippen LogP contribution in [0.1, 0.15) is 47.6 Å². The van der Waals surface area contributed by atoms with E-state index in [1.54, 1.807) is 18.0 Å². The minimum absolute atomic E-state index is 0.0162. The second-order valence-corrected chi connectivity index (χ2v) is 11.5. The van der Waals surface area contributed by atoms with E-state index in [4.69, 9.17) is 4.74 Å². The quantitative estimate of drug-likeness (QED) is 0.607. The summed E-state index contributed by atoms with van der Waals surface area (Å²) < 4.78 is 6.59. The van der Waals surface area contributed by atoms with Crippen molar-refractivity contribution in [2.45, 2.75) is 69.2 Å². The molecule has 1 saturated heterocycles. The van der Waals surface area contributed by atoms with Crippen LogP contribution in [0.15, 0.2) is 30.3 Å². The number of hydrogen-bond acceptors (Lipinski definition) is 5. The highest BCUT2D eigenvalue weighted by Gasteiger charge is 2.74. The number of aliphatic hydroxyl groups is 1. The van der Waals surface area contributed by atoms with E-state index in [2.05, 4.69) is 37.6 Å². The van der Waals surface area contributed by atoms with Crippen LogP contribution in [0.4, 0.5) is 0 Å². The van der Waals surface area contributed by atoms with E-state index in [9.17, 15) is 15.0 Å². The first-order valence-corrected chi connectivity index (χ1v) is 12.9. The molecular weight excluding hydrogens is 452 g/mol. The number of aryl methyl sites for hydroxylation is 2. The smallest absolute Gasteiger partial charge is 0.298 e. The van der Waals surface area contributed by atoms with Crippen molar-refractivity contribution in [3.05, 3.63) is 58.1 Å². The van der Waals surface area contributed by atoms with Crippen molar-refractivity contribution < 1.29 is 19.7 Å². The molecule has 0 aromatic heterocycles. The molecule has 2 aromatic rings. The normalized spacial score (nSPS) is 33.7. The van der Waals surface area contributed by atoms with Gasteiger partial charge >= 0.3 is 0 Å². The SMILES string of the molecule is Cc1ccc(C#CC(=O)N(C)[C@@H]2[C@@H](C)C[C@@]3(O)[C@H]4Cc5ccc(O)c6c5[C@@]3(CCN4C)[C@H]2O6)cc1C. The van der Waals surface area contributed by atoms with Crippen LogP contribution >= 0.6 is 0 Å². The Kier molecular flexibility index (Phi) is 5.03. The molecule has 2 aromatic carbocycles. The molecule has 1 amide bonds. The van der Waals surface area contributed by atoms with Gasteiger partial charge in [0.05, 0.1) is 17.1 Å². The van der Waals surface area contributed by atoms with Crippen LogP contribution in [-0.2, 0) is 16.6 Å². The molecule has 0 unspecified atom stereocenters. The Balaban J connectivity index is 1.41. The van der Waals surface area contributed by atoms with E-state index in [1.807, 2.05) is 31.2 Å². The molecule has 6 heteroatoms. The third-order valence-electron chi connectivity index (χ3n) is 9.64. The Morgan fingerprint density at radius 1 is 1.22 bits per heavy atom. The number of likely N-dealkylation sites (N-methyl/N-ethyl adjacent to an activating group) is 2. The third-order valence-corrected chi connectivity index (χ3v) is 9.64. The summed E-state index contributed by atoms with van der Waals surface area (Å²) in [6.45, 7) is 7.01. The number of phenolic OH excluding ortho intramolecular Hbond substituents is 1. The van der Waals surface area contributed by atoms with Crippen LogP contribution in [0.5, 0.6) is 11.5 Å². The first kappa shape index (κ1) is 23.4. The molecule has 36 heavy (non-hydrogen) atoms. The highest BCUT2D eigenvalue weighted by Crippen LogP contribution is 2.66. The Bertz CT molecular complexity index is 1340. The van der Waals surface area contributed by atoms with Gasteiger partial charge in [-0.2, -0.15) is 0 Å². The van der Waals surface area contributed by atoms with Gasteiger partial charge in [-0.15, -0.1) is 0 Å². The zero-order valence-electron chi connectivity index (χ0n) is 21.6. The van der Waals surface area contributed by atoms with E-state index in [-0.39, 0.29) is 29.7 Å². The maximum atomic E-state index is 13.4. The van der Waals surface area contributed by atoms with Gasteiger partial charge in [0.2, 0.25) is 0 Å². The Labute approximate surface area is 212 Å². The number of nitrogens with zero attached hydrogens (tertiary/aromatic N) is 2. The van der Waals surface area contributed by atoms with Crippen molar-refractivity contribution in [1.29, 1.82) is 0 Å². The zero-order valence-corrected chi connectivity index (χ0v) is 21.6. The van der Waals surface area contributed by atoms with Crippen LogP contribution < -0.4 is 4.74 Å². The maximum absolute atomic E-state index is 13.4. The molecule has 2 aliphatic heterocycles. The third kappa shape index (κ3) is 2.90. The summed E-state index contributed by atoms with van der Waals surface area (Å²) in [6, 6.07) is 9.31. The second kappa shape index (κ2) is 7.74. The largest absolute Gasteiger partial charge is 0.504 e. The van der Waals surface area contributed by atoms with Crippen LogP contribution in [0.3, 0.4) is 0 Å². The maximum Gasteiger partial charge on any atom is 0.298 e. The Hall–Kier alpha value is -3.01. The zero-order chi connectivity index (χ0) is 25.6. The minimum atomic E-state index is -0.998. The van der Waals surface area contributed by atoms with Crippen molar-refractivity contribution in [3.8, 4) is 23.3 Å². The molecule has 2 aliphatic carbocycles. The summed E-state index contributed by atoms with van der Waals surface area (Å²) in [7, 11) is 3.88. The van der Waals surface area contributed by atoms with Crippen LogP contribution in [0.2, 0.25) is 0 Å². The molecular formula is C30H34N2O4. The number of hydrogen-bond donors (Lipinski definition) is 2. The van der Waals surface area contributed by atoms with Gasteiger partial charge in [0, 0.05) is 30.1 Å². The van der Waals surface area contributed by atoms with Crippen molar-refractivity contribution >= 4 is 5.91 Å². The number of benzene rings is 2. The fourth-order valence-corrected chi connectivity index (χ4v) is 7.75. The number of aromatic hydroxyl groups is 1. The van der Waals surface area contributed by atoms with Crippen LogP contribution in [0.25, 0.3) is 0 Å². The van der Waals surface area contributed by atoms with E-state index in [0.717, 1.165) is 35.2 Å². The number of rotatable bonds is 1. The fourth-order valence-electron chi connectivity index (χ4n) is 7.75. The lowest BCUT2D eigenvalue weighted by molar-refractivity contribution is -0.208. The molecule has 2 bridgehead atoms. The number of carbonyl (C=O) groups is 1. The summed E-state index contributed by atoms with van der Waals surface area (Å²) >= 11 is 0. The molecule has 6 rings (SSSR count). The number of ether oxygens (including phenoxy) is 1. The predicted octanol–water partition coefficient (Wildman–Crippen LogP) is 2.92. The number of likely N-dealkylation sites (tertiary alicyclic amines) is 1. The van der Waals surface area contributed by atoms with Gasteiger partial charge in [0.25, 0.3) is 5.91 Å². The molecule has 4 aliphatic rings. The summed E-state index contributed by atoms with van der Waals surface area (Å²) in [5, 5.41) is 23.2. The Morgan fingerprint density at radius 2 is 2.00 bits per heavy atom. The first-order chi connectivity index (χ1) is 17.1. The summed E-state index contributed by atoms with van der Waals surface area (Å²) in [4.78, 5) is 17.4. The van der Waals surface area contributed by atoms with E-state index < -0.39 is 17.1 Å². The molecule has 2 heterocycles. The van der Waals surface area contributed by atoms with Gasteiger partial charge < -0.3 is 24.7 Å². The highest BCUT2D eigenvalue weighted by atomic mass is 16.5. The summed E-state index contributed by atoms with van der Waals surface area (Å²) in [6.07, 6.45) is 1.54. The van der Waals surface area contributed by atoms with E-state index >= 15 is 0 Å². The van der Waals surface area contributed by atoms with Gasteiger partial charge in [0.15, 0.2) is 11.5 Å². The number of amides is 1. The van der Waals surface area contributed by atoms with Gasteiger partial charge in [-0.25, -0.2) is 0 Å². The molecule has 2 N–H and O–H groups in total. The van der Waals surface area contributed by atoms with Gasteiger partial charge in [-0.3, -0.25) is 4.79 Å². The van der Waals surface area contributed by atoms with Crippen LogP contribution in [-0.4, -0.2) is 70.3 Å². The van der Waals surface area contributed by atoms with Gasteiger partial charge in [0.1, 0.15) is 6.10 Å².